The summed E-state index contributed by atoms with van der Waals surface area (Å²) in [5.74, 6) is -10.8. The Hall–Kier alpha value is -3.17. The number of esters is 1. The zero-order valence-electron chi connectivity index (χ0n) is 13.4. The quantitative estimate of drug-likeness (QED) is 0.165. The second-order valence-corrected chi connectivity index (χ2v) is 4.82. The van der Waals surface area contributed by atoms with Crippen molar-refractivity contribution in [3.8, 4) is 11.5 Å². The Kier molecular flexibility index (Phi) is 5.75. The number of hydrogen-bond acceptors (Lipinski definition) is 5. The van der Waals surface area contributed by atoms with Gasteiger partial charge in [0.15, 0.2) is 34.8 Å². The Bertz CT molecular complexity index is 858. The van der Waals surface area contributed by atoms with Crippen LogP contribution in [0.25, 0.3) is 0 Å². The highest BCUT2D eigenvalue weighted by Gasteiger charge is 2.25. The Morgan fingerprint density at radius 2 is 1.58 bits per heavy atom. The maximum atomic E-state index is 13.5. The summed E-state index contributed by atoms with van der Waals surface area (Å²) in [5.41, 5.74) is 0.807. The van der Waals surface area contributed by atoms with Gasteiger partial charge in [-0.1, -0.05) is 0 Å². The molecular weight excluding hydrogens is 363 g/mol. The lowest BCUT2D eigenvalue weighted by Gasteiger charge is -2.09. The molecule has 138 valence electrons. The van der Waals surface area contributed by atoms with Crippen molar-refractivity contribution in [1.82, 2.24) is 0 Å². The van der Waals surface area contributed by atoms with Crippen molar-refractivity contribution in [3.05, 3.63) is 52.8 Å². The summed E-state index contributed by atoms with van der Waals surface area (Å²) >= 11 is 0. The van der Waals surface area contributed by atoms with E-state index >= 15 is 0 Å². The Morgan fingerprint density at radius 1 is 1.00 bits per heavy atom. The highest BCUT2D eigenvalue weighted by Crippen LogP contribution is 2.28. The Labute approximate surface area is 144 Å². The van der Waals surface area contributed by atoms with Gasteiger partial charge in [-0.15, -0.1) is 0 Å². The van der Waals surface area contributed by atoms with Crippen molar-refractivity contribution in [2.45, 2.75) is 6.92 Å². The number of ether oxygens (including phenoxy) is 2. The summed E-state index contributed by atoms with van der Waals surface area (Å²) in [6.45, 7) is 1.20. The lowest BCUT2D eigenvalue weighted by atomic mass is 10.2. The number of anilines is 1. The molecule has 2 aromatic rings. The van der Waals surface area contributed by atoms with Gasteiger partial charge in [-0.2, -0.15) is 5.10 Å². The van der Waals surface area contributed by atoms with Crippen LogP contribution in [0.5, 0.6) is 11.5 Å². The standard InChI is InChI=1S/C16H11F5N2O3/c1-7(24)26-9-4-3-8(5-10(9)25-2)6-22-23-16-14(20)12(18)11(17)13(19)15(16)21/h3-6,23H,1-2H3. The van der Waals surface area contributed by atoms with E-state index in [-0.39, 0.29) is 11.5 Å². The van der Waals surface area contributed by atoms with Crippen molar-refractivity contribution in [2.24, 2.45) is 5.10 Å². The molecule has 26 heavy (non-hydrogen) atoms. The number of nitrogens with one attached hydrogen (secondary N) is 1. The SMILES string of the molecule is COc1cc(C=NNc2c(F)c(F)c(F)c(F)c2F)ccc1OC(C)=O. The van der Waals surface area contributed by atoms with Gasteiger partial charge in [-0.25, -0.2) is 22.0 Å². The molecule has 10 heteroatoms. The van der Waals surface area contributed by atoms with E-state index in [1.165, 1.54) is 32.2 Å². The van der Waals surface area contributed by atoms with Gasteiger partial charge < -0.3 is 9.47 Å². The van der Waals surface area contributed by atoms with E-state index in [1.807, 2.05) is 0 Å². The molecule has 0 unspecified atom stereocenters. The largest absolute Gasteiger partial charge is 0.493 e. The van der Waals surface area contributed by atoms with E-state index in [9.17, 15) is 26.7 Å². The molecule has 2 aromatic carbocycles. The van der Waals surface area contributed by atoms with Gasteiger partial charge in [-0.3, -0.25) is 10.2 Å². The fourth-order valence-corrected chi connectivity index (χ4v) is 1.88. The number of hydrazone groups is 1. The van der Waals surface area contributed by atoms with E-state index < -0.39 is 40.7 Å². The van der Waals surface area contributed by atoms with Gasteiger partial charge in [0.25, 0.3) is 0 Å². The van der Waals surface area contributed by atoms with Gasteiger partial charge in [0.1, 0.15) is 5.69 Å². The topological polar surface area (TPSA) is 59.9 Å². The van der Waals surface area contributed by atoms with Crippen LogP contribution in [0.15, 0.2) is 23.3 Å². The molecule has 0 aliphatic carbocycles. The smallest absolute Gasteiger partial charge is 0.308 e. The summed E-state index contributed by atoms with van der Waals surface area (Å²) < 4.78 is 76.0. The second kappa shape index (κ2) is 7.81. The van der Waals surface area contributed by atoms with E-state index in [4.69, 9.17) is 9.47 Å². The van der Waals surface area contributed by atoms with Gasteiger partial charge in [0, 0.05) is 6.92 Å². The summed E-state index contributed by atoms with van der Waals surface area (Å²) in [6, 6.07) is 4.17. The number of rotatable bonds is 5. The minimum atomic E-state index is -2.26. The fourth-order valence-electron chi connectivity index (χ4n) is 1.88. The van der Waals surface area contributed by atoms with Gasteiger partial charge >= 0.3 is 5.97 Å². The molecule has 1 N–H and O–H groups in total. The molecule has 0 aliphatic heterocycles. The lowest BCUT2D eigenvalue weighted by molar-refractivity contribution is -0.132. The number of nitrogens with zero attached hydrogens (tertiary/aromatic N) is 1. The van der Waals surface area contributed by atoms with Crippen LogP contribution in [0.2, 0.25) is 0 Å². The van der Waals surface area contributed by atoms with E-state index in [0.717, 1.165) is 6.21 Å². The molecule has 0 aliphatic rings. The monoisotopic (exact) mass is 374 g/mol. The number of carbonyl (C=O) groups is 1. The first-order valence-electron chi connectivity index (χ1n) is 6.93. The number of methoxy groups -OCH3 is 1. The highest BCUT2D eigenvalue weighted by molar-refractivity contribution is 5.82. The van der Waals surface area contributed by atoms with E-state index in [1.54, 1.807) is 5.43 Å². The van der Waals surface area contributed by atoms with Crippen molar-refractivity contribution >= 4 is 17.9 Å². The molecule has 0 aromatic heterocycles. The molecule has 0 heterocycles. The normalized spacial score (nSPS) is 10.9. The molecule has 0 fully saturated rings. The van der Waals surface area contributed by atoms with Gasteiger partial charge in [0.05, 0.1) is 13.3 Å². The minimum Gasteiger partial charge on any atom is -0.493 e. The summed E-state index contributed by atoms with van der Waals surface area (Å²) in [6.07, 6.45) is 1.04. The van der Waals surface area contributed by atoms with Gasteiger partial charge in [-0.05, 0) is 23.8 Å². The first kappa shape index (κ1) is 19.2. The van der Waals surface area contributed by atoms with Gasteiger partial charge in [0.2, 0.25) is 5.82 Å². The van der Waals surface area contributed by atoms with Crippen LogP contribution in [0.3, 0.4) is 0 Å². The zero-order valence-corrected chi connectivity index (χ0v) is 13.4. The van der Waals surface area contributed by atoms with Crippen molar-refractivity contribution in [1.29, 1.82) is 0 Å². The van der Waals surface area contributed by atoms with Crippen LogP contribution < -0.4 is 14.9 Å². The average Bonchev–Trinajstić information content (AvgIpc) is 2.61. The predicted octanol–water partition coefficient (Wildman–Crippen LogP) is 3.76. The molecule has 0 bridgehead atoms. The lowest BCUT2D eigenvalue weighted by Crippen LogP contribution is -2.06. The molecule has 0 amide bonds. The first-order valence-corrected chi connectivity index (χ1v) is 6.93. The summed E-state index contributed by atoms with van der Waals surface area (Å²) in [4.78, 5) is 11.0. The first-order chi connectivity index (χ1) is 12.3. The third-order valence-electron chi connectivity index (χ3n) is 3.04. The maximum Gasteiger partial charge on any atom is 0.308 e. The van der Waals surface area contributed by atoms with Crippen LogP contribution in [0, 0.1) is 29.1 Å². The number of hydrogen-bond donors (Lipinski definition) is 1. The predicted molar refractivity (Wildman–Crippen MR) is 81.8 cm³/mol. The molecule has 5 nitrogen and oxygen atoms in total. The van der Waals surface area contributed by atoms with E-state index in [0.29, 0.717) is 5.56 Å². The molecule has 0 atom stereocenters. The highest BCUT2D eigenvalue weighted by atomic mass is 19.2. The summed E-state index contributed by atoms with van der Waals surface area (Å²) in [5, 5.41) is 3.44. The second-order valence-electron chi connectivity index (χ2n) is 4.82. The number of benzene rings is 2. The minimum absolute atomic E-state index is 0.130. The number of halogens is 5. The van der Waals surface area contributed by atoms with Crippen molar-refractivity contribution in [3.63, 3.8) is 0 Å². The fraction of sp³-hybridized carbons (Fsp3) is 0.125. The van der Waals surface area contributed by atoms with Crippen LogP contribution >= 0.6 is 0 Å². The molecule has 0 spiro atoms. The Balaban J connectivity index is 2.26. The maximum absolute atomic E-state index is 13.5. The molecule has 0 saturated carbocycles. The molecular formula is C16H11F5N2O3. The third kappa shape index (κ3) is 3.90. The average molecular weight is 374 g/mol. The Morgan fingerprint density at radius 3 is 2.12 bits per heavy atom. The number of carbonyl (C=O) groups excluding carboxylic acids is 1. The zero-order chi connectivity index (χ0) is 19.4. The van der Waals surface area contributed by atoms with Crippen LogP contribution in [0.1, 0.15) is 12.5 Å². The summed E-state index contributed by atoms with van der Waals surface area (Å²) in [7, 11) is 1.32. The van der Waals surface area contributed by atoms with E-state index in [2.05, 4.69) is 5.10 Å². The van der Waals surface area contributed by atoms with Crippen LogP contribution in [0.4, 0.5) is 27.6 Å². The van der Waals surface area contributed by atoms with Crippen LogP contribution in [-0.2, 0) is 4.79 Å². The molecule has 2 rings (SSSR count). The van der Waals surface area contributed by atoms with Crippen molar-refractivity contribution < 1.29 is 36.2 Å². The van der Waals surface area contributed by atoms with Crippen molar-refractivity contribution in [2.75, 3.05) is 12.5 Å². The van der Waals surface area contributed by atoms with Crippen LogP contribution in [-0.4, -0.2) is 19.3 Å². The molecule has 0 radical (unpaired) electrons. The molecule has 0 saturated heterocycles. The third-order valence-corrected chi connectivity index (χ3v) is 3.04.